The van der Waals surface area contributed by atoms with Gasteiger partial charge >= 0.3 is 5.97 Å². The first-order chi connectivity index (χ1) is 9.56. The first kappa shape index (κ1) is 15.5. The van der Waals surface area contributed by atoms with Crippen molar-refractivity contribution in [3.8, 4) is 0 Å². The van der Waals surface area contributed by atoms with Gasteiger partial charge in [0.2, 0.25) is 0 Å². The van der Waals surface area contributed by atoms with E-state index in [1.807, 2.05) is 44.2 Å². The van der Waals surface area contributed by atoms with Gasteiger partial charge in [0.25, 0.3) is 0 Å². The maximum atomic E-state index is 11.9. The van der Waals surface area contributed by atoms with Gasteiger partial charge < -0.3 is 9.47 Å². The molecule has 1 aromatic carbocycles. The van der Waals surface area contributed by atoms with Crippen LogP contribution < -0.4 is 0 Å². The van der Waals surface area contributed by atoms with E-state index in [9.17, 15) is 4.79 Å². The molecule has 0 aromatic heterocycles. The summed E-state index contributed by atoms with van der Waals surface area (Å²) in [4.78, 5) is 11.9. The number of ether oxygens (including phenoxy) is 2. The first-order valence-electron chi connectivity index (χ1n) is 6.64. The number of cyclic esters (lactones) is 1. The van der Waals surface area contributed by atoms with Crippen LogP contribution in [0.5, 0.6) is 0 Å². The second-order valence-electron chi connectivity index (χ2n) is 5.34. The number of hydrogen-bond acceptors (Lipinski definition) is 3. The van der Waals surface area contributed by atoms with Crippen LogP contribution in [-0.2, 0) is 20.9 Å². The number of halogens is 1. The van der Waals surface area contributed by atoms with E-state index in [1.165, 1.54) is 0 Å². The number of hydrogen-bond donors (Lipinski definition) is 0. The Bertz CT molecular complexity index is 506. The summed E-state index contributed by atoms with van der Waals surface area (Å²) in [5.41, 5.74) is 2.46. The Balaban J connectivity index is 1.97. The molecule has 1 aliphatic heterocycles. The van der Waals surface area contributed by atoms with Crippen molar-refractivity contribution < 1.29 is 14.3 Å². The zero-order valence-corrected chi connectivity index (χ0v) is 14.0. The van der Waals surface area contributed by atoms with Gasteiger partial charge in [0.1, 0.15) is 5.60 Å². The Labute approximate surface area is 133 Å². The van der Waals surface area contributed by atoms with Gasteiger partial charge in [0.05, 0.1) is 13.2 Å². The van der Waals surface area contributed by atoms with Crippen molar-refractivity contribution in [3.63, 3.8) is 0 Å². The molecule has 0 spiro atoms. The molecule has 1 saturated heterocycles. The molecule has 108 valence electrons. The molecule has 3 nitrogen and oxygen atoms in total. The predicted molar refractivity (Wildman–Crippen MR) is 86.8 cm³/mol. The lowest BCUT2D eigenvalue weighted by Gasteiger charge is -2.24. The van der Waals surface area contributed by atoms with Gasteiger partial charge in [-0.3, -0.25) is 0 Å². The number of rotatable bonds is 5. The maximum Gasteiger partial charge on any atom is 0.334 e. The molecular formula is C16H19IO3. The summed E-state index contributed by atoms with van der Waals surface area (Å²) in [6, 6.07) is 10.0. The van der Waals surface area contributed by atoms with Crippen LogP contribution in [0.2, 0.25) is 0 Å². The monoisotopic (exact) mass is 386 g/mol. The van der Waals surface area contributed by atoms with Crippen molar-refractivity contribution in [2.45, 2.75) is 32.5 Å². The van der Waals surface area contributed by atoms with Crippen molar-refractivity contribution >= 4 is 28.6 Å². The number of allylic oxidation sites excluding steroid dienone is 1. The van der Waals surface area contributed by atoms with E-state index in [4.69, 9.17) is 9.47 Å². The Kier molecular flexibility index (Phi) is 5.21. The number of carbonyl (C=O) groups is 1. The van der Waals surface area contributed by atoms with Gasteiger partial charge in [-0.25, -0.2) is 4.79 Å². The maximum absolute atomic E-state index is 11.9. The average molecular weight is 386 g/mol. The number of esters is 1. The van der Waals surface area contributed by atoms with Gasteiger partial charge in [-0.2, -0.15) is 0 Å². The molecule has 1 aromatic rings. The van der Waals surface area contributed by atoms with Crippen LogP contribution in [0.1, 0.15) is 25.8 Å². The van der Waals surface area contributed by atoms with Gasteiger partial charge in [-0.1, -0.05) is 58.5 Å². The van der Waals surface area contributed by atoms with E-state index in [2.05, 4.69) is 22.6 Å². The highest BCUT2D eigenvalue weighted by molar-refractivity contribution is 14.1. The zero-order chi connectivity index (χ0) is 14.6. The topological polar surface area (TPSA) is 35.5 Å². The van der Waals surface area contributed by atoms with E-state index < -0.39 is 5.60 Å². The number of benzene rings is 1. The highest BCUT2D eigenvalue weighted by atomic mass is 127. The Morgan fingerprint density at radius 1 is 1.35 bits per heavy atom. The summed E-state index contributed by atoms with van der Waals surface area (Å²) in [7, 11) is 0. The third-order valence-corrected chi connectivity index (χ3v) is 4.77. The molecule has 4 heteroatoms. The van der Waals surface area contributed by atoms with E-state index in [-0.39, 0.29) is 5.97 Å². The van der Waals surface area contributed by atoms with Gasteiger partial charge in [-0.05, 0) is 19.4 Å². The van der Waals surface area contributed by atoms with Gasteiger partial charge in [0, 0.05) is 16.4 Å². The molecular weight excluding hydrogens is 367 g/mol. The molecule has 1 unspecified atom stereocenters. The van der Waals surface area contributed by atoms with E-state index in [0.717, 1.165) is 21.1 Å². The molecule has 0 N–H and O–H groups in total. The fraction of sp³-hybridized carbons (Fsp3) is 0.438. The second kappa shape index (κ2) is 6.72. The molecule has 0 bridgehead atoms. The van der Waals surface area contributed by atoms with Crippen molar-refractivity contribution in [2.75, 3.05) is 11.0 Å². The van der Waals surface area contributed by atoms with Crippen molar-refractivity contribution in [1.29, 1.82) is 0 Å². The normalized spacial score (nSPS) is 21.9. The molecule has 0 amide bonds. The lowest BCUT2D eigenvalue weighted by atomic mass is 9.98. The third-order valence-electron chi connectivity index (χ3n) is 3.38. The summed E-state index contributed by atoms with van der Waals surface area (Å²) in [5.74, 6) is -0.190. The third kappa shape index (κ3) is 3.61. The fourth-order valence-electron chi connectivity index (χ4n) is 2.19. The largest absolute Gasteiger partial charge is 0.452 e. The van der Waals surface area contributed by atoms with Crippen LogP contribution in [-0.4, -0.2) is 22.6 Å². The molecule has 1 atom stereocenters. The second-order valence-corrected chi connectivity index (χ2v) is 6.10. The van der Waals surface area contributed by atoms with Gasteiger partial charge in [0.15, 0.2) is 0 Å². The van der Waals surface area contributed by atoms with Crippen LogP contribution in [0, 0.1) is 0 Å². The smallest absolute Gasteiger partial charge is 0.334 e. The van der Waals surface area contributed by atoms with E-state index in [0.29, 0.717) is 19.6 Å². The number of alkyl halides is 1. The van der Waals surface area contributed by atoms with Crippen molar-refractivity contribution in [3.05, 3.63) is 47.0 Å². The minimum atomic E-state index is -0.501. The van der Waals surface area contributed by atoms with Crippen LogP contribution >= 0.6 is 22.6 Å². The lowest BCUT2D eigenvalue weighted by molar-refractivity contribution is -0.149. The first-order valence-corrected chi connectivity index (χ1v) is 8.16. The van der Waals surface area contributed by atoms with Crippen molar-refractivity contribution in [2.24, 2.45) is 0 Å². The summed E-state index contributed by atoms with van der Waals surface area (Å²) in [6.45, 7) is 4.88. The summed E-state index contributed by atoms with van der Waals surface area (Å²) >= 11 is 2.26. The number of carbonyl (C=O) groups excluding carboxylic acids is 1. The van der Waals surface area contributed by atoms with Crippen LogP contribution in [0.4, 0.5) is 0 Å². The molecule has 1 heterocycles. The highest BCUT2D eigenvalue weighted by Gasteiger charge is 2.43. The fourth-order valence-corrected chi connectivity index (χ4v) is 2.84. The minimum absolute atomic E-state index is 0.190. The lowest BCUT2D eigenvalue weighted by Crippen LogP contribution is -2.36. The quantitative estimate of drug-likeness (QED) is 0.335. The van der Waals surface area contributed by atoms with E-state index >= 15 is 0 Å². The molecule has 1 fully saturated rings. The van der Waals surface area contributed by atoms with Gasteiger partial charge in [-0.15, -0.1) is 0 Å². The highest BCUT2D eigenvalue weighted by Crippen LogP contribution is 2.34. The SMILES string of the molecule is CC(C)=C1CC(CI)(COCc2ccccc2)OC1=O. The molecule has 0 radical (unpaired) electrons. The zero-order valence-electron chi connectivity index (χ0n) is 11.8. The average Bonchev–Trinajstić information content (AvgIpc) is 2.78. The minimum Gasteiger partial charge on any atom is -0.452 e. The summed E-state index contributed by atoms with van der Waals surface area (Å²) in [5, 5.41) is 0. The van der Waals surface area contributed by atoms with E-state index in [1.54, 1.807) is 0 Å². The van der Waals surface area contributed by atoms with Crippen LogP contribution in [0.25, 0.3) is 0 Å². The Morgan fingerprint density at radius 3 is 2.60 bits per heavy atom. The molecule has 2 rings (SSSR count). The standard InChI is InChI=1S/C16H19IO3/c1-12(2)14-8-16(10-17,20-15(14)18)11-19-9-13-6-4-3-5-7-13/h3-7H,8-11H2,1-2H3. The van der Waals surface area contributed by atoms with Crippen LogP contribution in [0.15, 0.2) is 41.5 Å². The molecule has 0 aliphatic carbocycles. The summed E-state index contributed by atoms with van der Waals surface area (Å²) in [6.07, 6.45) is 0.645. The predicted octanol–water partition coefficient (Wildman–Crippen LogP) is 3.66. The molecule has 20 heavy (non-hydrogen) atoms. The summed E-state index contributed by atoms with van der Waals surface area (Å²) < 4.78 is 12.1. The Hall–Kier alpha value is -0.880. The molecule has 1 aliphatic rings. The molecule has 0 saturated carbocycles. The Morgan fingerprint density at radius 2 is 2.05 bits per heavy atom. The van der Waals surface area contributed by atoms with Crippen molar-refractivity contribution in [1.82, 2.24) is 0 Å². The van der Waals surface area contributed by atoms with Crippen LogP contribution in [0.3, 0.4) is 0 Å².